The number of nitrogens with zero attached hydrogens (tertiary/aromatic N) is 2. The molecular formula is C44H44IrN2SSi-2. The van der Waals surface area contributed by atoms with Crippen LogP contribution in [0, 0.1) is 31.9 Å². The van der Waals surface area contributed by atoms with Crippen LogP contribution < -0.4 is 5.19 Å². The Kier molecular flexibility index (Phi) is 11.5. The van der Waals surface area contributed by atoms with Crippen molar-refractivity contribution in [2.75, 3.05) is 0 Å². The maximum Gasteiger partial charge on any atom is 0.0795 e. The van der Waals surface area contributed by atoms with Crippen molar-refractivity contribution in [3.63, 3.8) is 0 Å². The van der Waals surface area contributed by atoms with Gasteiger partial charge in [-0.05, 0) is 75.6 Å². The van der Waals surface area contributed by atoms with E-state index in [1.165, 1.54) is 53.2 Å². The maximum absolute atomic E-state index is 4.73. The van der Waals surface area contributed by atoms with E-state index in [2.05, 4.69) is 138 Å². The SMILES string of the molecule is C[Si](C)(C)c1ccc(-c2[c-]cccc2)nc1.Cc1cc(C)cc(-c2ccc3c(c2)sc2c(-c4cc(C(C)C(C)C)ccn4)[c-]ccc23)c1.[Ir]. The molecule has 1 atom stereocenters. The number of thiophene rings is 1. The molecule has 5 heteroatoms. The second kappa shape index (κ2) is 15.4. The normalized spacial score (nSPS) is 12.0. The summed E-state index contributed by atoms with van der Waals surface area (Å²) in [6, 6.07) is 41.2. The van der Waals surface area contributed by atoms with E-state index in [4.69, 9.17) is 4.98 Å². The monoisotopic (exact) mass is 853 g/mol. The number of rotatable bonds is 6. The van der Waals surface area contributed by atoms with E-state index in [1.54, 1.807) is 0 Å². The molecule has 0 amide bonds. The fourth-order valence-electron chi connectivity index (χ4n) is 6.05. The maximum atomic E-state index is 4.73. The molecule has 0 spiro atoms. The van der Waals surface area contributed by atoms with Crippen LogP contribution in [0.4, 0.5) is 0 Å². The minimum Gasteiger partial charge on any atom is -0.305 e. The Hall–Kier alpha value is -3.73. The van der Waals surface area contributed by atoms with Crippen molar-refractivity contribution >= 4 is 44.8 Å². The molecule has 7 aromatic rings. The number of hydrogen-bond donors (Lipinski definition) is 0. The van der Waals surface area contributed by atoms with E-state index in [9.17, 15) is 0 Å². The van der Waals surface area contributed by atoms with E-state index >= 15 is 0 Å². The number of benzene rings is 4. The van der Waals surface area contributed by atoms with E-state index in [0.717, 1.165) is 22.5 Å². The number of fused-ring (bicyclic) bond motifs is 3. The van der Waals surface area contributed by atoms with Crippen LogP contribution in [0.5, 0.6) is 0 Å². The molecule has 2 nitrogen and oxygen atoms in total. The van der Waals surface area contributed by atoms with Gasteiger partial charge in [-0.1, -0.05) is 111 Å². The second-order valence-corrected chi connectivity index (χ2v) is 20.4. The van der Waals surface area contributed by atoms with Crippen LogP contribution in [0.2, 0.25) is 19.6 Å². The van der Waals surface area contributed by atoms with E-state index < -0.39 is 8.07 Å². The van der Waals surface area contributed by atoms with Crippen LogP contribution in [0.15, 0.2) is 109 Å². The fraction of sp³-hybridized carbons (Fsp3) is 0.227. The Morgan fingerprint density at radius 3 is 2.12 bits per heavy atom. The van der Waals surface area contributed by atoms with Crippen molar-refractivity contribution in [1.29, 1.82) is 0 Å². The average Bonchev–Trinajstić information content (AvgIpc) is 3.46. The summed E-state index contributed by atoms with van der Waals surface area (Å²) in [6.45, 7) is 18.2. The van der Waals surface area contributed by atoms with E-state index in [1.807, 2.05) is 54.1 Å². The number of hydrogen-bond acceptors (Lipinski definition) is 3. The van der Waals surface area contributed by atoms with Gasteiger partial charge in [-0.3, -0.25) is 0 Å². The third-order valence-corrected chi connectivity index (χ3v) is 12.4. The molecule has 0 aliphatic carbocycles. The first-order valence-corrected chi connectivity index (χ1v) is 21.1. The zero-order valence-corrected chi connectivity index (χ0v) is 33.9. The molecule has 0 bridgehead atoms. The molecule has 4 aromatic carbocycles. The zero-order valence-electron chi connectivity index (χ0n) is 29.7. The summed E-state index contributed by atoms with van der Waals surface area (Å²) in [5.74, 6) is 1.09. The summed E-state index contributed by atoms with van der Waals surface area (Å²) < 4.78 is 2.58. The van der Waals surface area contributed by atoms with Crippen LogP contribution in [0.25, 0.3) is 53.8 Å². The summed E-state index contributed by atoms with van der Waals surface area (Å²) in [5.41, 5.74) is 10.7. The van der Waals surface area contributed by atoms with Gasteiger partial charge >= 0.3 is 0 Å². The molecule has 0 saturated heterocycles. The Bertz CT molecular complexity index is 2160. The molecule has 251 valence electrons. The van der Waals surface area contributed by atoms with Gasteiger partial charge in [0.05, 0.1) is 8.07 Å². The zero-order chi connectivity index (χ0) is 34.0. The molecule has 3 aromatic heterocycles. The summed E-state index contributed by atoms with van der Waals surface area (Å²) in [4.78, 5) is 9.25. The topological polar surface area (TPSA) is 25.8 Å². The summed E-state index contributed by atoms with van der Waals surface area (Å²) in [7, 11) is -1.23. The molecule has 1 unspecified atom stereocenters. The van der Waals surface area contributed by atoms with Gasteiger partial charge in [0.15, 0.2) is 0 Å². The molecular weight excluding hydrogens is 809 g/mol. The molecule has 0 aliphatic heterocycles. The molecule has 0 aliphatic rings. The van der Waals surface area contributed by atoms with Gasteiger partial charge in [0, 0.05) is 37.2 Å². The van der Waals surface area contributed by atoms with Crippen LogP contribution >= 0.6 is 11.3 Å². The van der Waals surface area contributed by atoms with E-state index in [0.29, 0.717) is 11.8 Å². The van der Waals surface area contributed by atoms with Crippen LogP contribution in [-0.4, -0.2) is 18.0 Å². The van der Waals surface area contributed by atoms with Crippen molar-refractivity contribution in [3.8, 4) is 33.6 Å². The molecule has 0 saturated carbocycles. The summed E-state index contributed by atoms with van der Waals surface area (Å²) in [5, 5.41) is 3.99. The largest absolute Gasteiger partial charge is 0.305 e. The van der Waals surface area contributed by atoms with E-state index in [-0.39, 0.29) is 20.1 Å². The first-order valence-electron chi connectivity index (χ1n) is 16.8. The molecule has 0 fully saturated rings. The van der Waals surface area contributed by atoms with Crippen LogP contribution in [-0.2, 0) is 20.1 Å². The van der Waals surface area contributed by atoms with Gasteiger partial charge in [-0.25, -0.2) is 0 Å². The van der Waals surface area contributed by atoms with Crippen molar-refractivity contribution in [2.45, 2.75) is 60.2 Å². The quantitative estimate of drug-likeness (QED) is 0.123. The third kappa shape index (κ3) is 8.36. The summed E-state index contributed by atoms with van der Waals surface area (Å²) in [6.07, 6.45) is 3.96. The predicted octanol–water partition coefficient (Wildman–Crippen LogP) is 12.1. The Labute approximate surface area is 311 Å². The minimum absolute atomic E-state index is 0. The molecule has 3 heterocycles. The van der Waals surface area contributed by atoms with Crippen molar-refractivity contribution in [2.24, 2.45) is 5.92 Å². The van der Waals surface area contributed by atoms with Gasteiger partial charge in [-0.15, -0.1) is 59.7 Å². The van der Waals surface area contributed by atoms with Gasteiger partial charge in [0.2, 0.25) is 0 Å². The van der Waals surface area contributed by atoms with Gasteiger partial charge in [0.25, 0.3) is 0 Å². The first kappa shape index (κ1) is 36.5. The average molecular weight is 853 g/mol. The Balaban J connectivity index is 0.000000233. The predicted molar refractivity (Wildman–Crippen MR) is 211 cm³/mol. The number of aromatic nitrogens is 2. The van der Waals surface area contributed by atoms with Crippen molar-refractivity contribution in [1.82, 2.24) is 9.97 Å². The third-order valence-electron chi connectivity index (χ3n) is 9.17. The minimum atomic E-state index is -1.23. The summed E-state index contributed by atoms with van der Waals surface area (Å²) >= 11 is 1.85. The first-order chi connectivity index (χ1) is 23.0. The second-order valence-electron chi connectivity index (χ2n) is 14.3. The van der Waals surface area contributed by atoms with Gasteiger partial charge in [-0.2, -0.15) is 11.3 Å². The Morgan fingerprint density at radius 2 is 1.47 bits per heavy atom. The van der Waals surface area contributed by atoms with Crippen molar-refractivity contribution < 1.29 is 20.1 Å². The Morgan fingerprint density at radius 1 is 0.694 bits per heavy atom. The molecule has 0 N–H and O–H groups in total. The van der Waals surface area contributed by atoms with Gasteiger partial charge < -0.3 is 9.97 Å². The number of pyridine rings is 2. The number of aryl methyl sites for hydroxylation is 2. The van der Waals surface area contributed by atoms with Crippen molar-refractivity contribution in [3.05, 3.63) is 138 Å². The fourth-order valence-corrected chi connectivity index (χ4v) is 8.34. The smallest absolute Gasteiger partial charge is 0.0795 e. The van der Waals surface area contributed by atoms with Gasteiger partial charge in [0.1, 0.15) is 0 Å². The van der Waals surface area contributed by atoms with Crippen LogP contribution in [0.1, 0.15) is 43.4 Å². The van der Waals surface area contributed by atoms with Crippen LogP contribution in [0.3, 0.4) is 0 Å². The standard InChI is InChI=1S/C30H28NS.C14H16NSi.Ir/c1-18(2)21(5)22-11-12-31-28(16-22)27-8-6-7-26-25-10-9-23(17-29(25)32-30(26)27)24-14-19(3)13-20(4)15-24;1-16(2,3)13-9-10-14(15-11-13)12-7-5-4-6-8-12;/h6-7,9-18,21H,1-5H3;4-7,9-11H,1-3H3;/q2*-1;. The molecule has 49 heavy (non-hydrogen) atoms. The molecule has 1 radical (unpaired) electrons. The molecule has 7 rings (SSSR count).